The van der Waals surface area contributed by atoms with Crippen LogP contribution in [0.5, 0.6) is 5.75 Å². The fourth-order valence-corrected chi connectivity index (χ4v) is 2.29. The van der Waals surface area contributed by atoms with Crippen molar-refractivity contribution in [2.45, 2.75) is 32.5 Å². The summed E-state index contributed by atoms with van der Waals surface area (Å²) in [6.07, 6.45) is 3.17. The van der Waals surface area contributed by atoms with Gasteiger partial charge in [0, 0.05) is 18.2 Å². The van der Waals surface area contributed by atoms with Gasteiger partial charge >= 0.3 is 5.97 Å². The number of carbonyl (C=O) groups is 2. The van der Waals surface area contributed by atoms with E-state index in [0.717, 1.165) is 17.7 Å². The predicted molar refractivity (Wildman–Crippen MR) is 89.8 cm³/mol. The molecule has 1 aromatic rings. The molecule has 1 aliphatic heterocycles. The summed E-state index contributed by atoms with van der Waals surface area (Å²) < 4.78 is 11.0. The molecular formula is C18H23NO5. The van der Waals surface area contributed by atoms with Crippen molar-refractivity contribution in [3.63, 3.8) is 0 Å². The number of para-hydroxylation sites is 1. The zero-order valence-corrected chi connectivity index (χ0v) is 14.0. The molecule has 1 heterocycles. The number of nitrogens with zero attached hydrogens (tertiary/aromatic N) is 1. The quantitative estimate of drug-likeness (QED) is 0.808. The number of aliphatic carboxylic acids is 1. The van der Waals surface area contributed by atoms with Gasteiger partial charge in [-0.05, 0) is 25.5 Å². The second-order valence-electron chi connectivity index (χ2n) is 5.69. The summed E-state index contributed by atoms with van der Waals surface area (Å²) in [5.41, 5.74) is 0.814. The van der Waals surface area contributed by atoms with Gasteiger partial charge in [0.25, 0.3) is 0 Å². The minimum Gasteiger partial charge on any atom is -0.490 e. The van der Waals surface area contributed by atoms with E-state index in [0.29, 0.717) is 6.54 Å². The number of amides is 1. The number of ether oxygens (including phenoxy) is 2. The van der Waals surface area contributed by atoms with Gasteiger partial charge < -0.3 is 19.5 Å². The lowest BCUT2D eigenvalue weighted by Crippen LogP contribution is -2.48. The Morgan fingerprint density at radius 3 is 2.92 bits per heavy atom. The van der Waals surface area contributed by atoms with Crippen molar-refractivity contribution >= 4 is 18.0 Å². The molecule has 24 heavy (non-hydrogen) atoms. The van der Waals surface area contributed by atoms with Crippen LogP contribution in [0.2, 0.25) is 0 Å². The van der Waals surface area contributed by atoms with Crippen molar-refractivity contribution in [1.82, 2.24) is 4.90 Å². The molecule has 0 bridgehead atoms. The van der Waals surface area contributed by atoms with E-state index in [-0.39, 0.29) is 25.2 Å². The van der Waals surface area contributed by atoms with Crippen LogP contribution in [0.25, 0.3) is 6.08 Å². The number of morpholine rings is 1. The zero-order chi connectivity index (χ0) is 17.5. The minimum atomic E-state index is -1.05. The van der Waals surface area contributed by atoms with Gasteiger partial charge in [0.2, 0.25) is 5.91 Å². The summed E-state index contributed by atoms with van der Waals surface area (Å²) in [5, 5.41) is 8.99. The number of carboxylic acids is 1. The Hall–Kier alpha value is -2.34. The van der Waals surface area contributed by atoms with Crippen LogP contribution in [0.3, 0.4) is 0 Å². The summed E-state index contributed by atoms with van der Waals surface area (Å²) in [6, 6.07) is 7.51. The Bertz CT molecular complexity index is 613. The number of rotatable bonds is 6. The van der Waals surface area contributed by atoms with Crippen molar-refractivity contribution < 1.29 is 24.2 Å². The van der Waals surface area contributed by atoms with Crippen LogP contribution < -0.4 is 4.74 Å². The van der Waals surface area contributed by atoms with Gasteiger partial charge in [-0.25, -0.2) is 4.79 Å². The lowest BCUT2D eigenvalue weighted by Gasteiger charge is -2.30. The number of carboxylic acid groups (broad SMARTS) is 1. The first-order valence-electron chi connectivity index (χ1n) is 8.08. The molecule has 6 heteroatoms. The van der Waals surface area contributed by atoms with Crippen LogP contribution >= 0.6 is 0 Å². The second-order valence-corrected chi connectivity index (χ2v) is 5.69. The number of hydrogen-bond donors (Lipinski definition) is 1. The highest BCUT2D eigenvalue weighted by atomic mass is 16.5. The summed E-state index contributed by atoms with van der Waals surface area (Å²) >= 11 is 0. The molecule has 0 aromatic heterocycles. The van der Waals surface area contributed by atoms with Gasteiger partial charge in [-0.15, -0.1) is 0 Å². The van der Waals surface area contributed by atoms with Gasteiger partial charge in [0.15, 0.2) is 6.10 Å². The van der Waals surface area contributed by atoms with E-state index >= 15 is 0 Å². The smallest absolute Gasteiger partial charge is 0.334 e. The van der Waals surface area contributed by atoms with Crippen LogP contribution in [0.15, 0.2) is 30.3 Å². The first-order chi connectivity index (χ1) is 11.5. The standard InChI is InChI=1S/C18H23NO5/c1-3-13(2)24-15-7-5-4-6-14(15)8-9-17(20)19-10-11-23-16(12-19)18(21)22/h4-9,13,16H,3,10-12H2,1-2H3,(H,21,22). The van der Waals surface area contributed by atoms with Crippen LogP contribution in [0.1, 0.15) is 25.8 Å². The largest absolute Gasteiger partial charge is 0.490 e. The summed E-state index contributed by atoms with van der Waals surface area (Å²) in [4.78, 5) is 24.7. The van der Waals surface area contributed by atoms with Gasteiger partial charge in [0.1, 0.15) is 5.75 Å². The van der Waals surface area contributed by atoms with E-state index < -0.39 is 12.1 Å². The third kappa shape index (κ3) is 4.83. The molecule has 1 amide bonds. The van der Waals surface area contributed by atoms with Crippen LogP contribution in [-0.2, 0) is 14.3 Å². The highest BCUT2D eigenvalue weighted by Crippen LogP contribution is 2.21. The Morgan fingerprint density at radius 1 is 1.46 bits per heavy atom. The van der Waals surface area contributed by atoms with E-state index in [1.54, 1.807) is 6.08 Å². The van der Waals surface area contributed by atoms with E-state index in [9.17, 15) is 9.59 Å². The maximum Gasteiger partial charge on any atom is 0.334 e. The number of carbonyl (C=O) groups excluding carboxylic acids is 1. The van der Waals surface area contributed by atoms with Gasteiger partial charge in [-0.3, -0.25) is 4.79 Å². The maximum atomic E-state index is 12.3. The van der Waals surface area contributed by atoms with Crippen LogP contribution in [-0.4, -0.2) is 53.8 Å². The Morgan fingerprint density at radius 2 is 2.21 bits per heavy atom. The molecule has 130 valence electrons. The first-order valence-corrected chi connectivity index (χ1v) is 8.08. The predicted octanol–water partition coefficient (Wildman–Crippen LogP) is 2.19. The molecular weight excluding hydrogens is 310 g/mol. The molecule has 0 radical (unpaired) electrons. The van der Waals surface area contributed by atoms with Crippen molar-refractivity contribution in [2.24, 2.45) is 0 Å². The van der Waals surface area contributed by atoms with E-state index in [2.05, 4.69) is 0 Å². The zero-order valence-electron chi connectivity index (χ0n) is 14.0. The normalized spacial score (nSPS) is 19.2. The third-order valence-corrected chi connectivity index (χ3v) is 3.88. The topological polar surface area (TPSA) is 76.1 Å². The van der Waals surface area contributed by atoms with Crippen LogP contribution in [0.4, 0.5) is 0 Å². The highest BCUT2D eigenvalue weighted by Gasteiger charge is 2.27. The average Bonchev–Trinajstić information content (AvgIpc) is 2.60. The SMILES string of the molecule is CCC(C)Oc1ccccc1C=CC(=O)N1CCOC(C(=O)O)C1. The lowest BCUT2D eigenvalue weighted by atomic mass is 10.1. The molecule has 0 aliphatic carbocycles. The molecule has 2 atom stereocenters. The fraction of sp³-hybridized carbons (Fsp3) is 0.444. The maximum absolute atomic E-state index is 12.3. The number of benzene rings is 1. The molecule has 2 rings (SSSR count). The highest BCUT2D eigenvalue weighted by molar-refractivity contribution is 5.92. The monoisotopic (exact) mass is 333 g/mol. The number of hydrogen-bond acceptors (Lipinski definition) is 4. The Kier molecular flexibility index (Phi) is 6.37. The molecule has 0 saturated carbocycles. The van der Waals surface area contributed by atoms with Crippen molar-refractivity contribution in [1.29, 1.82) is 0 Å². The fourth-order valence-electron chi connectivity index (χ4n) is 2.29. The molecule has 2 unspecified atom stereocenters. The molecule has 1 N–H and O–H groups in total. The lowest BCUT2D eigenvalue weighted by molar-refractivity contribution is -0.158. The molecule has 0 spiro atoms. The molecule has 1 aliphatic rings. The third-order valence-electron chi connectivity index (χ3n) is 3.88. The summed E-state index contributed by atoms with van der Waals surface area (Å²) in [7, 11) is 0. The Labute approximate surface area is 141 Å². The van der Waals surface area contributed by atoms with Crippen LogP contribution in [0, 0.1) is 0 Å². The van der Waals surface area contributed by atoms with Gasteiger partial charge in [-0.2, -0.15) is 0 Å². The summed E-state index contributed by atoms with van der Waals surface area (Å²) in [6.45, 7) is 4.71. The first kappa shape index (κ1) is 18.0. The van der Waals surface area contributed by atoms with Crippen molar-refractivity contribution in [2.75, 3.05) is 19.7 Å². The Balaban J connectivity index is 2.05. The van der Waals surface area contributed by atoms with E-state index in [4.69, 9.17) is 14.6 Å². The van der Waals surface area contributed by atoms with E-state index in [1.807, 2.05) is 38.1 Å². The minimum absolute atomic E-state index is 0.0590. The molecule has 1 fully saturated rings. The molecule has 1 saturated heterocycles. The second kappa shape index (κ2) is 8.49. The average molecular weight is 333 g/mol. The van der Waals surface area contributed by atoms with Gasteiger partial charge in [0.05, 0.1) is 19.3 Å². The van der Waals surface area contributed by atoms with E-state index in [1.165, 1.54) is 11.0 Å². The summed E-state index contributed by atoms with van der Waals surface area (Å²) in [5.74, 6) is -0.562. The van der Waals surface area contributed by atoms with Gasteiger partial charge in [-0.1, -0.05) is 25.1 Å². The molecule has 1 aromatic carbocycles. The van der Waals surface area contributed by atoms with Crippen molar-refractivity contribution in [3.05, 3.63) is 35.9 Å². The molecule has 6 nitrogen and oxygen atoms in total. The van der Waals surface area contributed by atoms with Crippen molar-refractivity contribution in [3.8, 4) is 5.75 Å².